The molecule has 1 atom stereocenters. The second kappa shape index (κ2) is 5.50. The number of thioether (sulfide) groups is 1. The van der Waals surface area contributed by atoms with Crippen LogP contribution < -0.4 is 0 Å². The van der Waals surface area contributed by atoms with E-state index in [4.69, 9.17) is 16.7 Å². The number of fused-ring (bicyclic) bond motifs is 1. The molecule has 0 amide bonds. The summed E-state index contributed by atoms with van der Waals surface area (Å²) in [5.41, 5.74) is 1.53. The molecule has 1 aliphatic rings. The van der Waals surface area contributed by atoms with Gasteiger partial charge < -0.3 is 5.11 Å². The molecule has 6 nitrogen and oxygen atoms in total. The summed E-state index contributed by atoms with van der Waals surface area (Å²) in [6, 6.07) is 7.19. The van der Waals surface area contributed by atoms with E-state index in [0.29, 0.717) is 21.7 Å². The van der Waals surface area contributed by atoms with Crippen molar-refractivity contribution in [1.82, 2.24) is 14.9 Å². The van der Waals surface area contributed by atoms with Gasteiger partial charge in [0.2, 0.25) is 5.16 Å². The lowest BCUT2D eigenvalue weighted by atomic mass is 10.1. The molecule has 1 aliphatic heterocycles. The molecular weight excluding hydrogens is 312 g/mol. The smallest absolute Gasteiger partial charge is 0.304 e. The van der Waals surface area contributed by atoms with Crippen molar-refractivity contribution in [3.05, 3.63) is 40.7 Å². The number of hydrogen-bond acceptors (Lipinski definition) is 5. The first kappa shape index (κ1) is 14.1. The standard InChI is InChI=1S/C13H11ClN4O2S/c1-7-15-16-13-18(7)17-12(10(21-13)6-11(19)20)8-2-4-9(14)5-3-8/h2-5,10H,6H2,1H3,(H,19,20). The second-order valence-electron chi connectivity index (χ2n) is 4.54. The molecule has 21 heavy (non-hydrogen) atoms. The van der Waals surface area contributed by atoms with Crippen molar-refractivity contribution in [3.63, 3.8) is 0 Å². The number of rotatable bonds is 3. The zero-order chi connectivity index (χ0) is 15.0. The number of nitrogens with zero attached hydrogens (tertiary/aromatic N) is 4. The number of carbonyl (C=O) groups is 1. The molecule has 108 valence electrons. The monoisotopic (exact) mass is 322 g/mol. The number of carboxylic acids is 1. The summed E-state index contributed by atoms with van der Waals surface area (Å²) in [4.78, 5) is 11.1. The average molecular weight is 323 g/mol. The third-order valence-electron chi connectivity index (χ3n) is 3.03. The van der Waals surface area contributed by atoms with Crippen LogP contribution in [0.3, 0.4) is 0 Å². The molecule has 2 aromatic rings. The van der Waals surface area contributed by atoms with E-state index in [2.05, 4.69) is 15.3 Å². The van der Waals surface area contributed by atoms with E-state index in [9.17, 15) is 4.79 Å². The van der Waals surface area contributed by atoms with E-state index in [-0.39, 0.29) is 11.7 Å². The van der Waals surface area contributed by atoms with Gasteiger partial charge in [-0.15, -0.1) is 10.2 Å². The third kappa shape index (κ3) is 2.79. The Morgan fingerprint density at radius 1 is 1.38 bits per heavy atom. The maximum absolute atomic E-state index is 11.1. The van der Waals surface area contributed by atoms with Gasteiger partial charge in [-0.1, -0.05) is 35.5 Å². The van der Waals surface area contributed by atoms with Crippen molar-refractivity contribution in [3.8, 4) is 0 Å². The van der Waals surface area contributed by atoms with Crippen LogP contribution >= 0.6 is 23.4 Å². The van der Waals surface area contributed by atoms with E-state index < -0.39 is 5.97 Å². The Hall–Kier alpha value is -1.86. The number of hydrogen-bond donors (Lipinski definition) is 1. The zero-order valence-corrected chi connectivity index (χ0v) is 12.6. The lowest BCUT2D eigenvalue weighted by Gasteiger charge is -2.21. The van der Waals surface area contributed by atoms with Gasteiger partial charge in [-0.25, -0.2) is 0 Å². The van der Waals surface area contributed by atoms with Gasteiger partial charge in [0, 0.05) is 5.02 Å². The molecule has 0 spiro atoms. The number of aryl methyl sites for hydroxylation is 1. The predicted octanol–water partition coefficient (Wildman–Crippen LogP) is 2.44. The van der Waals surface area contributed by atoms with Crippen LogP contribution in [0.15, 0.2) is 34.5 Å². The average Bonchev–Trinajstić information content (AvgIpc) is 2.79. The first-order valence-corrected chi connectivity index (χ1v) is 7.45. The van der Waals surface area contributed by atoms with Crippen LogP contribution in [0.5, 0.6) is 0 Å². The first-order valence-electron chi connectivity index (χ1n) is 6.20. The summed E-state index contributed by atoms with van der Waals surface area (Å²) in [5, 5.41) is 22.5. The molecule has 0 aliphatic carbocycles. The predicted molar refractivity (Wildman–Crippen MR) is 80.0 cm³/mol. The van der Waals surface area contributed by atoms with E-state index in [1.807, 2.05) is 12.1 Å². The third-order valence-corrected chi connectivity index (χ3v) is 4.42. The number of halogens is 1. The highest BCUT2D eigenvalue weighted by molar-refractivity contribution is 8.00. The fourth-order valence-corrected chi connectivity index (χ4v) is 3.31. The van der Waals surface area contributed by atoms with Crippen molar-refractivity contribution < 1.29 is 9.90 Å². The van der Waals surface area contributed by atoms with E-state index in [1.165, 1.54) is 11.8 Å². The molecule has 0 radical (unpaired) electrons. The minimum atomic E-state index is -0.876. The van der Waals surface area contributed by atoms with Crippen LogP contribution in [0.1, 0.15) is 17.8 Å². The Morgan fingerprint density at radius 3 is 2.76 bits per heavy atom. The summed E-state index contributed by atoms with van der Waals surface area (Å²) in [7, 11) is 0. The molecule has 3 rings (SSSR count). The maximum Gasteiger partial charge on any atom is 0.304 e. The Balaban J connectivity index is 2.07. The van der Waals surface area contributed by atoms with Gasteiger partial charge in [0.05, 0.1) is 17.4 Å². The Morgan fingerprint density at radius 2 is 2.10 bits per heavy atom. The van der Waals surface area contributed by atoms with Gasteiger partial charge in [-0.3, -0.25) is 4.79 Å². The van der Waals surface area contributed by atoms with Crippen molar-refractivity contribution in [2.24, 2.45) is 5.10 Å². The van der Waals surface area contributed by atoms with Crippen LogP contribution in [0.2, 0.25) is 5.02 Å². The molecule has 0 bridgehead atoms. The summed E-state index contributed by atoms with van der Waals surface area (Å²) in [6.45, 7) is 1.80. The molecule has 2 heterocycles. The van der Waals surface area contributed by atoms with Crippen LogP contribution in [-0.2, 0) is 4.79 Å². The fraction of sp³-hybridized carbons (Fsp3) is 0.231. The Kier molecular flexibility index (Phi) is 3.69. The molecular formula is C13H11ClN4O2S. The second-order valence-corrected chi connectivity index (χ2v) is 6.14. The normalized spacial score (nSPS) is 17.2. The first-order chi connectivity index (χ1) is 10.0. The highest BCUT2D eigenvalue weighted by Crippen LogP contribution is 2.32. The minimum absolute atomic E-state index is 0.0297. The maximum atomic E-state index is 11.1. The summed E-state index contributed by atoms with van der Waals surface area (Å²) in [5.74, 6) is -0.211. The molecule has 0 saturated carbocycles. The van der Waals surface area contributed by atoms with E-state index in [0.717, 1.165) is 5.56 Å². The van der Waals surface area contributed by atoms with Crippen molar-refractivity contribution in [2.75, 3.05) is 0 Å². The van der Waals surface area contributed by atoms with E-state index >= 15 is 0 Å². The van der Waals surface area contributed by atoms with Gasteiger partial charge in [0.1, 0.15) is 0 Å². The van der Waals surface area contributed by atoms with Crippen molar-refractivity contribution >= 4 is 35.0 Å². The highest BCUT2D eigenvalue weighted by atomic mass is 35.5. The van der Waals surface area contributed by atoms with Gasteiger partial charge in [-0.05, 0) is 24.6 Å². The zero-order valence-electron chi connectivity index (χ0n) is 11.0. The van der Waals surface area contributed by atoms with Gasteiger partial charge >= 0.3 is 5.97 Å². The molecule has 0 fully saturated rings. The molecule has 1 unspecified atom stereocenters. The van der Waals surface area contributed by atoms with Crippen LogP contribution in [0, 0.1) is 6.92 Å². The molecule has 8 heteroatoms. The van der Waals surface area contributed by atoms with Crippen LogP contribution in [-0.4, -0.2) is 36.9 Å². The lowest BCUT2D eigenvalue weighted by Crippen LogP contribution is -2.27. The minimum Gasteiger partial charge on any atom is -0.481 e. The highest BCUT2D eigenvalue weighted by Gasteiger charge is 2.29. The van der Waals surface area contributed by atoms with Gasteiger partial charge in [0.25, 0.3) is 0 Å². The van der Waals surface area contributed by atoms with Crippen molar-refractivity contribution in [2.45, 2.75) is 23.8 Å². The fourth-order valence-electron chi connectivity index (χ4n) is 2.04. The van der Waals surface area contributed by atoms with E-state index in [1.54, 1.807) is 23.7 Å². The number of aromatic nitrogens is 3. The lowest BCUT2D eigenvalue weighted by molar-refractivity contribution is -0.136. The summed E-state index contributed by atoms with van der Waals surface area (Å²) >= 11 is 7.25. The topological polar surface area (TPSA) is 80.4 Å². The number of benzene rings is 1. The van der Waals surface area contributed by atoms with Gasteiger partial charge in [0.15, 0.2) is 5.82 Å². The SMILES string of the molecule is Cc1nnc2n1N=C(c1ccc(Cl)cc1)C(CC(=O)O)S2. The number of carboxylic acid groups (broad SMARTS) is 1. The molecule has 1 aromatic heterocycles. The van der Waals surface area contributed by atoms with Gasteiger partial charge in [-0.2, -0.15) is 9.78 Å². The number of aliphatic carboxylic acids is 1. The molecule has 1 N–H and O–H groups in total. The molecule has 0 saturated heterocycles. The van der Waals surface area contributed by atoms with Crippen LogP contribution in [0.4, 0.5) is 0 Å². The Labute approximate surface area is 129 Å². The summed E-state index contributed by atoms with van der Waals surface area (Å²) in [6.07, 6.45) is -0.0297. The van der Waals surface area contributed by atoms with Crippen LogP contribution in [0.25, 0.3) is 0 Å². The quantitative estimate of drug-likeness (QED) is 0.938. The summed E-state index contributed by atoms with van der Waals surface area (Å²) < 4.78 is 1.63. The largest absolute Gasteiger partial charge is 0.481 e. The molecule has 1 aromatic carbocycles. The Bertz CT molecular complexity index is 726. The van der Waals surface area contributed by atoms with Crippen molar-refractivity contribution in [1.29, 1.82) is 0 Å².